The zero-order valence-corrected chi connectivity index (χ0v) is 15.1. The number of hydrogen-bond acceptors (Lipinski definition) is 1. The van der Waals surface area contributed by atoms with Crippen molar-refractivity contribution in [2.45, 2.75) is 32.9 Å². The number of aromatic nitrogens is 1. The van der Waals surface area contributed by atoms with Crippen LogP contribution < -0.4 is 0 Å². The summed E-state index contributed by atoms with van der Waals surface area (Å²) in [6, 6.07) is 5.20. The summed E-state index contributed by atoms with van der Waals surface area (Å²) in [4.78, 5) is 14.3. The van der Waals surface area contributed by atoms with Crippen LogP contribution in [0.3, 0.4) is 0 Å². The first kappa shape index (κ1) is 17.7. The minimum absolute atomic E-state index is 0.132. The van der Waals surface area contributed by atoms with Crippen molar-refractivity contribution in [3.8, 4) is 0 Å². The maximum absolute atomic E-state index is 13.4. The van der Waals surface area contributed by atoms with Crippen LogP contribution in [0.2, 0.25) is 0 Å². The summed E-state index contributed by atoms with van der Waals surface area (Å²) in [7, 11) is 1.65. The highest BCUT2D eigenvalue weighted by molar-refractivity contribution is 9.10. The molecule has 0 aliphatic heterocycles. The molecule has 1 atom stereocenters. The molecule has 2 rings (SSSR count). The summed E-state index contributed by atoms with van der Waals surface area (Å²) in [5, 5.41) is 0. The summed E-state index contributed by atoms with van der Waals surface area (Å²) in [5.74, 6) is -1.99. The molecule has 0 N–H and O–H groups in total. The van der Waals surface area contributed by atoms with E-state index in [-0.39, 0.29) is 18.0 Å². The average Bonchev–Trinajstić information content (AvgIpc) is 2.90. The monoisotopic (exact) mass is 384 g/mol. The second-order valence-electron chi connectivity index (χ2n) is 5.81. The highest BCUT2D eigenvalue weighted by Gasteiger charge is 2.23. The Morgan fingerprint density at radius 2 is 1.83 bits per heavy atom. The van der Waals surface area contributed by atoms with Crippen molar-refractivity contribution in [1.82, 2.24) is 9.47 Å². The van der Waals surface area contributed by atoms with Crippen molar-refractivity contribution < 1.29 is 13.6 Å². The van der Waals surface area contributed by atoms with Crippen molar-refractivity contribution in [2.24, 2.45) is 0 Å². The fourth-order valence-electron chi connectivity index (χ4n) is 2.40. The lowest BCUT2D eigenvalue weighted by Crippen LogP contribution is -2.31. The third-order valence-electron chi connectivity index (χ3n) is 3.92. The Morgan fingerprint density at radius 1 is 1.17 bits per heavy atom. The van der Waals surface area contributed by atoms with Gasteiger partial charge >= 0.3 is 0 Å². The quantitative estimate of drug-likeness (QED) is 0.732. The third-order valence-corrected chi connectivity index (χ3v) is 4.35. The molecule has 0 bridgehead atoms. The molecule has 1 aromatic carbocycles. The number of carbonyl (C=O) groups is 1. The number of nitrogens with zero attached hydrogens (tertiary/aromatic N) is 2. The first-order valence-corrected chi connectivity index (χ1v) is 8.11. The molecular weight excluding hydrogens is 366 g/mol. The zero-order chi connectivity index (χ0) is 17.3. The average molecular weight is 385 g/mol. The van der Waals surface area contributed by atoms with E-state index >= 15 is 0 Å². The molecule has 2 aromatic rings. The van der Waals surface area contributed by atoms with Crippen molar-refractivity contribution >= 4 is 21.8 Å². The van der Waals surface area contributed by atoms with Gasteiger partial charge in [0.2, 0.25) is 0 Å². The van der Waals surface area contributed by atoms with Crippen LogP contribution in [0.15, 0.2) is 34.9 Å². The fourth-order valence-corrected chi connectivity index (χ4v) is 2.83. The van der Waals surface area contributed by atoms with Crippen LogP contribution in [0.25, 0.3) is 0 Å². The van der Waals surface area contributed by atoms with Crippen LogP contribution >= 0.6 is 15.9 Å². The van der Waals surface area contributed by atoms with E-state index in [0.717, 1.165) is 16.6 Å². The Bertz CT molecular complexity index is 727. The molecule has 0 saturated carbocycles. The molecular formula is C17H19BrF2N2O. The van der Waals surface area contributed by atoms with Crippen LogP contribution in [0.5, 0.6) is 0 Å². The minimum atomic E-state index is -0.913. The zero-order valence-electron chi connectivity index (χ0n) is 13.5. The molecule has 0 saturated heterocycles. The van der Waals surface area contributed by atoms with Gasteiger partial charge in [-0.2, -0.15) is 0 Å². The molecule has 0 radical (unpaired) electrons. The molecule has 0 aliphatic rings. The second-order valence-corrected chi connectivity index (χ2v) is 6.73. The van der Waals surface area contributed by atoms with Crippen molar-refractivity contribution in [3.05, 3.63) is 57.8 Å². The van der Waals surface area contributed by atoms with E-state index in [9.17, 15) is 13.6 Å². The maximum atomic E-state index is 13.4. The van der Waals surface area contributed by atoms with Gasteiger partial charge in [0.1, 0.15) is 5.69 Å². The van der Waals surface area contributed by atoms with Crippen molar-refractivity contribution in [1.29, 1.82) is 0 Å². The third kappa shape index (κ3) is 3.63. The molecule has 1 unspecified atom stereocenters. The van der Waals surface area contributed by atoms with E-state index in [2.05, 4.69) is 15.9 Å². The van der Waals surface area contributed by atoms with Crippen LogP contribution in [-0.4, -0.2) is 22.4 Å². The first-order chi connectivity index (χ1) is 10.7. The number of halogens is 3. The molecule has 23 heavy (non-hydrogen) atoms. The largest absolute Gasteiger partial charge is 0.340 e. The van der Waals surface area contributed by atoms with Gasteiger partial charge in [-0.1, -0.05) is 6.07 Å². The van der Waals surface area contributed by atoms with Gasteiger partial charge in [0.05, 0.1) is 6.04 Å². The Hall–Kier alpha value is -1.69. The normalized spacial score (nSPS) is 12.5. The SMILES string of the molecule is CC(c1ccc(F)c(F)c1)N(C)C(=O)c1cc(Br)cn1C(C)C. The highest BCUT2D eigenvalue weighted by atomic mass is 79.9. The molecule has 124 valence electrons. The Kier molecular flexibility index (Phi) is 5.24. The van der Waals surface area contributed by atoms with Crippen molar-refractivity contribution in [3.63, 3.8) is 0 Å². The summed E-state index contributed by atoms with van der Waals surface area (Å²) in [6.45, 7) is 5.76. The predicted octanol–water partition coefficient (Wildman–Crippen LogP) is 4.94. The summed E-state index contributed by atoms with van der Waals surface area (Å²) in [6.07, 6.45) is 1.86. The number of hydrogen-bond donors (Lipinski definition) is 0. The van der Waals surface area contributed by atoms with Gasteiger partial charge in [-0.25, -0.2) is 8.78 Å². The van der Waals surface area contributed by atoms with Gasteiger partial charge in [0, 0.05) is 23.8 Å². The number of amides is 1. The van der Waals surface area contributed by atoms with E-state index in [1.165, 1.54) is 11.0 Å². The summed E-state index contributed by atoms with van der Waals surface area (Å²) >= 11 is 3.39. The molecule has 1 heterocycles. The van der Waals surface area contributed by atoms with Gasteiger partial charge in [-0.15, -0.1) is 0 Å². The van der Waals surface area contributed by atoms with E-state index < -0.39 is 11.6 Å². The molecule has 1 amide bonds. The number of rotatable bonds is 4. The van der Waals surface area contributed by atoms with E-state index in [1.54, 1.807) is 20.0 Å². The Morgan fingerprint density at radius 3 is 2.39 bits per heavy atom. The lowest BCUT2D eigenvalue weighted by atomic mass is 10.1. The Balaban J connectivity index is 2.30. The molecule has 0 spiro atoms. The lowest BCUT2D eigenvalue weighted by Gasteiger charge is -2.26. The minimum Gasteiger partial charge on any atom is -0.340 e. The fraction of sp³-hybridized carbons (Fsp3) is 0.353. The van der Waals surface area contributed by atoms with Crippen LogP contribution in [0.4, 0.5) is 8.78 Å². The molecule has 1 aromatic heterocycles. The van der Waals surface area contributed by atoms with Gasteiger partial charge in [-0.05, 0) is 60.5 Å². The van der Waals surface area contributed by atoms with E-state index in [1.807, 2.05) is 24.6 Å². The second kappa shape index (κ2) is 6.83. The van der Waals surface area contributed by atoms with Crippen LogP contribution in [0, 0.1) is 11.6 Å². The predicted molar refractivity (Wildman–Crippen MR) is 89.4 cm³/mol. The highest BCUT2D eigenvalue weighted by Crippen LogP contribution is 2.25. The van der Waals surface area contributed by atoms with E-state index in [4.69, 9.17) is 0 Å². The molecule has 3 nitrogen and oxygen atoms in total. The topological polar surface area (TPSA) is 25.2 Å². The molecule has 0 aliphatic carbocycles. The van der Waals surface area contributed by atoms with Crippen LogP contribution in [-0.2, 0) is 0 Å². The van der Waals surface area contributed by atoms with Gasteiger partial charge in [-0.3, -0.25) is 4.79 Å². The summed E-state index contributed by atoms with van der Waals surface area (Å²) < 4.78 is 29.2. The van der Waals surface area contributed by atoms with Crippen molar-refractivity contribution in [2.75, 3.05) is 7.05 Å². The smallest absolute Gasteiger partial charge is 0.270 e. The first-order valence-electron chi connectivity index (χ1n) is 7.31. The molecule has 0 fully saturated rings. The van der Waals surface area contributed by atoms with Crippen LogP contribution in [0.1, 0.15) is 48.9 Å². The number of carbonyl (C=O) groups excluding carboxylic acids is 1. The number of benzene rings is 1. The lowest BCUT2D eigenvalue weighted by molar-refractivity contribution is 0.0729. The standard InChI is InChI=1S/C17H19BrF2N2O/c1-10(2)22-9-13(18)8-16(22)17(23)21(4)11(3)12-5-6-14(19)15(20)7-12/h5-11H,1-4H3. The summed E-state index contributed by atoms with van der Waals surface area (Å²) in [5.41, 5.74) is 1.09. The maximum Gasteiger partial charge on any atom is 0.270 e. The van der Waals surface area contributed by atoms with E-state index in [0.29, 0.717) is 11.3 Å². The Labute approximate surface area is 143 Å². The van der Waals surface area contributed by atoms with Gasteiger partial charge in [0.25, 0.3) is 5.91 Å². The van der Waals surface area contributed by atoms with Gasteiger partial charge in [0.15, 0.2) is 11.6 Å². The molecule has 6 heteroatoms. The van der Waals surface area contributed by atoms with Gasteiger partial charge < -0.3 is 9.47 Å².